The van der Waals surface area contributed by atoms with E-state index in [0.717, 1.165) is 27.9 Å². The summed E-state index contributed by atoms with van der Waals surface area (Å²) in [5.74, 6) is 0.0713. The molecule has 0 fully saturated rings. The second kappa shape index (κ2) is 14.4. The number of halogens is 1. The van der Waals surface area contributed by atoms with E-state index in [2.05, 4.69) is 71.5 Å². The molecule has 0 N–H and O–H groups in total. The van der Waals surface area contributed by atoms with Gasteiger partial charge in [0.25, 0.3) is 0 Å². The molecule has 0 bridgehead atoms. The van der Waals surface area contributed by atoms with Crippen molar-refractivity contribution in [2.45, 2.75) is 13.8 Å². The van der Waals surface area contributed by atoms with E-state index in [1.807, 2.05) is 36.5 Å². The lowest BCUT2D eigenvalue weighted by Crippen LogP contribution is -2.18. The highest BCUT2D eigenvalue weighted by atomic mass is 19.1. The lowest BCUT2D eigenvalue weighted by atomic mass is 9.74. The second-order valence-corrected chi connectivity index (χ2v) is 7.50. The van der Waals surface area contributed by atoms with Crippen molar-refractivity contribution >= 4 is 0 Å². The van der Waals surface area contributed by atoms with Crippen LogP contribution >= 0.6 is 0 Å². The van der Waals surface area contributed by atoms with Crippen LogP contribution in [0.4, 0.5) is 4.39 Å². The molecule has 1 heteroatoms. The van der Waals surface area contributed by atoms with E-state index in [9.17, 15) is 4.39 Å². The van der Waals surface area contributed by atoms with E-state index in [4.69, 9.17) is 0 Å². The maximum absolute atomic E-state index is 13.5. The first-order valence-electron chi connectivity index (χ1n) is 10.9. The van der Waals surface area contributed by atoms with Crippen molar-refractivity contribution in [1.82, 2.24) is 0 Å². The average molecular weight is 439 g/mol. The Kier molecular flexibility index (Phi) is 11.9. The summed E-state index contributed by atoms with van der Waals surface area (Å²) < 4.78 is 13.5. The lowest BCUT2D eigenvalue weighted by Gasteiger charge is -2.30. The Hall–Kier alpha value is -3.71. The van der Waals surface area contributed by atoms with Crippen LogP contribution in [0.2, 0.25) is 0 Å². The van der Waals surface area contributed by atoms with Crippen molar-refractivity contribution in [3.8, 4) is 0 Å². The highest BCUT2D eigenvalue weighted by Gasteiger charge is 2.25. The molecule has 2 atom stereocenters. The SMILES string of the molecule is C=C\C=C/C=C(C=C)/C(C=C)=C/C=C(\C=C)C1=CC=C(/C(C=C)=C/C=C(/F)C=C)C(C)[C@@H]1C. The molecule has 0 saturated carbocycles. The van der Waals surface area contributed by atoms with Crippen molar-refractivity contribution in [2.24, 2.45) is 11.8 Å². The Balaban J connectivity index is 3.44. The molecule has 0 nitrogen and oxygen atoms in total. The Morgan fingerprint density at radius 2 is 1.12 bits per heavy atom. The summed E-state index contributed by atoms with van der Waals surface area (Å²) in [6.45, 7) is 27.3. The van der Waals surface area contributed by atoms with Crippen LogP contribution in [0.1, 0.15) is 13.8 Å². The zero-order valence-electron chi connectivity index (χ0n) is 19.9. The number of hydrogen-bond donors (Lipinski definition) is 0. The largest absolute Gasteiger partial charge is 0.207 e. The van der Waals surface area contributed by atoms with Gasteiger partial charge >= 0.3 is 0 Å². The highest BCUT2D eigenvalue weighted by Crippen LogP contribution is 2.38. The van der Waals surface area contributed by atoms with Crippen molar-refractivity contribution in [1.29, 1.82) is 0 Å². The van der Waals surface area contributed by atoms with Gasteiger partial charge in [-0.25, -0.2) is 4.39 Å². The predicted molar refractivity (Wildman–Crippen MR) is 146 cm³/mol. The Labute approximate surface area is 200 Å². The summed E-state index contributed by atoms with van der Waals surface area (Å²) in [6.07, 6.45) is 27.3. The summed E-state index contributed by atoms with van der Waals surface area (Å²) >= 11 is 0. The normalized spacial score (nSPS) is 20.6. The van der Waals surface area contributed by atoms with Crippen molar-refractivity contribution in [3.05, 3.63) is 170 Å². The first-order valence-corrected chi connectivity index (χ1v) is 10.9. The first-order chi connectivity index (χ1) is 15.9. The fraction of sp³-hybridized carbons (Fsp3) is 0.125. The van der Waals surface area contributed by atoms with Gasteiger partial charge in [0.05, 0.1) is 0 Å². The third kappa shape index (κ3) is 7.73. The van der Waals surface area contributed by atoms with Crippen molar-refractivity contribution < 1.29 is 4.39 Å². The van der Waals surface area contributed by atoms with Gasteiger partial charge in [-0.15, -0.1) is 0 Å². The molecule has 0 aromatic carbocycles. The average Bonchev–Trinajstić information content (AvgIpc) is 2.83. The van der Waals surface area contributed by atoms with Crippen LogP contribution in [-0.4, -0.2) is 0 Å². The Morgan fingerprint density at radius 1 is 0.636 bits per heavy atom. The summed E-state index contributed by atoms with van der Waals surface area (Å²) in [6, 6.07) is 0. The molecular weight excluding hydrogens is 403 g/mol. The maximum Gasteiger partial charge on any atom is 0.122 e. The van der Waals surface area contributed by atoms with Gasteiger partial charge in [-0.2, -0.15) is 0 Å². The summed E-state index contributed by atoms with van der Waals surface area (Å²) in [4.78, 5) is 0. The summed E-state index contributed by atoms with van der Waals surface area (Å²) in [7, 11) is 0. The van der Waals surface area contributed by atoms with Crippen LogP contribution in [0.25, 0.3) is 0 Å². The van der Waals surface area contributed by atoms with E-state index in [1.54, 1.807) is 24.3 Å². The lowest BCUT2D eigenvalue weighted by molar-refractivity contribution is 0.508. The first kappa shape index (κ1) is 27.3. The van der Waals surface area contributed by atoms with Crippen LogP contribution in [0.3, 0.4) is 0 Å². The zero-order valence-corrected chi connectivity index (χ0v) is 19.9. The van der Waals surface area contributed by atoms with E-state index in [0.29, 0.717) is 0 Å². The van der Waals surface area contributed by atoms with Crippen LogP contribution in [0.5, 0.6) is 0 Å². The Morgan fingerprint density at radius 3 is 1.55 bits per heavy atom. The van der Waals surface area contributed by atoms with Crippen molar-refractivity contribution in [3.63, 3.8) is 0 Å². The molecule has 0 saturated heterocycles. The molecular formula is C32H35F. The number of rotatable bonds is 12. The topological polar surface area (TPSA) is 0 Å². The second-order valence-electron chi connectivity index (χ2n) is 7.50. The van der Waals surface area contributed by atoms with Gasteiger partial charge in [-0.1, -0.05) is 132 Å². The van der Waals surface area contributed by atoms with E-state index < -0.39 is 0 Å². The molecule has 0 spiro atoms. The third-order valence-electron chi connectivity index (χ3n) is 5.64. The molecule has 0 heterocycles. The summed E-state index contributed by atoms with van der Waals surface area (Å²) in [5.41, 5.74) is 6.16. The molecule has 0 aromatic rings. The van der Waals surface area contributed by atoms with Gasteiger partial charge in [0.15, 0.2) is 0 Å². The monoisotopic (exact) mass is 438 g/mol. The molecule has 0 amide bonds. The van der Waals surface area contributed by atoms with Gasteiger partial charge in [0.2, 0.25) is 0 Å². The zero-order chi connectivity index (χ0) is 24.8. The van der Waals surface area contributed by atoms with Crippen molar-refractivity contribution in [2.75, 3.05) is 0 Å². The third-order valence-corrected chi connectivity index (χ3v) is 5.64. The minimum Gasteiger partial charge on any atom is -0.207 e. The van der Waals surface area contributed by atoms with E-state index in [-0.39, 0.29) is 17.7 Å². The van der Waals surface area contributed by atoms with Crippen LogP contribution in [0, 0.1) is 11.8 Å². The number of hydrogen-bond acceptors (Lipinski definition) is 0. The van der Waals surface area contributed by atoms with Crippen LogP contribution in [0.15, 0.2) is 170 Å². The van der Waals surface area contributed by atoms with Crippen LogP contribution < -0.4 is 0 Å². The smallest absolute Gasteiger partial charge is 0.122 e. The molecule has 1 aliphatic rings. The van der Waals surface area contributed by atoms with Gasteiger partial charge < -0.3 is 0 Å². The van der Waals surface area contributed by atoms with Gasteiger partial charge in [-0.3, -0.25) is 0 Å². The summed E-state index contributed by atoms with van der Waals surface area (Å²) in [5, 5.41) is 0. The minimum atomic E-state index is -0.377. The molecule has 1 rings (SSSR count). The van der Waals surface area contributed by atoms with Gasteiger partial charge in [0.1, 0.15) is 5.83 Å². The standard InChI is InChI=1S/C32H35F/c1-9-15-16-17-26(10-2)27(11-3)18-19-28(12-4)31-22-23-32(25(8)24(31)7)29(13-5)20-21-30(33)14-6/h9-25H,1-6H2,7-8H3/b16-15-,26-17+,27-18+,28-19+,29-20+,30-21+/t24-,25?/m0/s1. The van der Waals surface area contributed by atoms with Crippen LogP contribution in [-0.2, 0) is 0 Å². The van der Waals surface area contributed by atoms with Gasteiger partial charge in [-0.05, 0) is 57.4 Å². The molecule has 0 aliphatic heterocycles. The molecule has 33 heavy (non-hydrogen) atoms. The quantitative estimate of drug-likeness (QED) is 0.266. The van der Waals surface area contributed by atoms with E-state index >= 15 is 0 Å². The molecule has 1 aliphatic carbocycles. The Bertz CT molecular complexity index is 1040. The van der Waals surface area contributed by atoms with Gasteiger partial charge in [0, 0.05) is 0 Å². The highest BCUT2D eigenvalue weighted by molar-refractivity contribution is 5.55. The predicted octanol–water partition coefficient (Wildman–Crippen LogP) is 9.36. The fourth-order valence-electron chi connectivity index (χ4n) is 3.52. The minimum absolute atomic E-state index is 0.216. The number of allylic oxidation sites excluding steroid dienone is 22. The van der Waals surface area contributed by atoms with E-state index in [1.165, 1.54) is 17.7 Å². The fourth-order valence-corrected chi connectivity index (χ4v) is 3.52. The maximum atomic E-state index is 13.5. The molecule has 1 unspecified atom stereocenters. The molecule has 0 radical (unpaired) electrons. The molecule has 170 valence electrons. The molecule has 0 aromatic heterocycles.